The molecule has 2 heterocycles. The summed E-state index contributed by atoms with van der Waals surface area (Å²) in [5.74, 6) is 0.473. The maximum Gasteiger partial charge on any atom is 0.316 e. The van der Waals surface area contributed by atoms with E-state index in [2.05, 4.69) is 20.9 Å². The minimum absolute atomic E-state index is 0. The van der Waals surface area contributed by atoms with E-state index in [1.54, 1.807) is 39.2 Å². The van der Waals surface area contributed by atoms with E-state index >= 15 is 0 Å². The number of nitrogens with one attached hydrogen (secondary N) is 3. The summed E-state index contributed by atoms with van der Waals surface area (Å²) < 4.78 is 0. The van der Waals surface area contributed by atoms with Gasteiger partial charge in [0.1, 0.15) is 5.82 Å². The van der Waals surface area contributed by atoms with Crippen LogP contribution in [0.2, 0.25) is 0 Å². The van der Waals surface area contributed by atoms with Crippen molar-refractivity contribution in [3.8, 4) is 0 Å². The molecule has 2 rings (SSSR count). The zero-order chi connectivity index (χ0) is 21.6. The van der Waals surface area contributed by atoms with Crippen molar-refractivity contribution >= 4 is 36.1 Å². The molecule has 1 aliphatic rings. The number of hydrogen-bond acceptors (Lipinski definition) is 5. The summed E-state index contributed by atoms with van der Waals surface area (Å²) in [5.41, 5.74) is 0.994. The molecule has 30 heavy (non-hydrogen) atoms. The van der Waals surface area contributed by atoms with Gasteiger partial charge in [-0.25, -0.2) is 9.78 Å². The Morgan fingerprint density at radius 2 is 1.97 bits per heavy atom. The molecule has 0 spiro atoms. The van der Waals surface area contributed by atoms with Gasteiger partial charge in [0.2, 0.25) is 11.8 Å². The molecule has 0 saturated carbocycles. The summed E-state index contributed by atoms with van der Waals surface area (Å²) in [5, 5.41) is 8.61. The van der Waals surface area contributed by atoms with Gasteiger partial charge in [-0.3, -0.25) is 14.5 Å². The lowest BCUT2D eigenvalue weighted by Crippen LogP contribution is -2.48. The fraction of sp³-hybridized carbons (Fsp3) is 0.600. The minimum atomic E-state index is -0.280. The first-order chi connectivity index (χ1) is 13.7. The monoisotopic (exact) mass is 440 g/mol. The number of pyridine rings is 1. The molecule has 0 fully saturated rings. The van der Waals surface area contributed by atoms with E-state index in [1.807, 2.05) is 19.1 Å². The van der Waals surface area contributed by atoms with Crippen LogP contribution in [0.15, 0.2) is 18.3 Å². The van der Waals surface area contributed by atoms with Crippen molar-refractivity contribution in [2.75, 3.05) is 39.1 Å². The van der Waals surface area contributed by atoms with E-state index in [-0.39, 0.29) is 54.7 Å². The smallest absolute Gasteiger partial charge is 0.316 e. The highest BCUT2D eigenvalue weighted by Crippen LogP contribution is 2.30. The van der Waals surface area contributed by atoms with Gasteiger partial charge in [-0.2, -0.15) is 0 Å². The summed E-state index contributed by atoms with van der Waals surface area (Å²) >= 11 is 0. The molecule has 4 amide bonds. The highest BCUT2D eigenvalue weighted by Gasteiger charge is 2.35. The minimum Gasteiger partial charge on any atom is -0.354 e. The number of hydrogen-bond donors (Lipinski definition) is 3. The number of urea groups is 1. The van der Waals surface area contributed by atoms with Gasteiger partial charge in [0.25, 0.3) is 0 Å². The maximum absolute atomic E-state index is 13.1. The number of anilines is 1. The Bertz CT molecular complexity index is 745. The van der Waals surface area contributed by atoms with Gasteiger partial charge < -0.3 is 20.9 Å². The standard InChI is InChI=1S/C20H32N6O3.ClH/c1-13(11-23-19(28)14(2)21-3)9-17(27)26-16(12-24-20(29)25(4)5)10-15-7-6-8-22-18(15)26;/h6-8,13-14,16,21H,9-12H2,1-5H3,(H,23,28)(H,24,29);1H/t13-,14-,16-;/m0./s1. The molecule has 1 aliphatic heterocycles. The van der Waals surface area contributed by atoms with Crippen molar-refractivity contribution in [3.63, 3.8) is 0 Å². The third-order valence-electron chi connectivity index (χ3n) is 5.05. The SMILES string of the molecule is CN[C@@H](C)C(=O)NC[C@@H](C)CC(=O)N1c2ncccc2C[C@H]1CNC(=O)N(C)C.Cl. The summed E-state index contributed by atoms with van der Waals surface area (Å²) in [6, 6.07) is 3.15. The van der Waals surface area contributed by atoms with Gasteiger partial charge in [-0.15, -0.1) is 12.4 Å². The molecule has 9 nitrogen and oxygen atoms in total. The second-order valence-electron chi connectivity index (χ2n) is 7.75. The van der Waals surface area contributed by atoms with Crippen LogP contribution >= 0.6 is 12.4 Å². The normalized spacial score (nSPS) is 16.7. The number of carbonyl (C=O) groups is 3. The lowest BCUT2D eigenvalue weighted by Gasteiger charge is -2.27. The van der Waals surface area contributed by atoms with Crippen molar-refractivity contribution in [2.45, 2.75) is 38.8 Å². The predicted octanol–water partition coefficient (Wildman–Crippen LogP) is 0.783. The van der Waals surface area contributed by atoms with Crippen molar-refractivity contribution < 1.29 is 14.4 Å². The highest BCUT2D eigenvalue weighted by atomic mass is 35.5. The molecule has 0 aliphatic carbocycles. The molecule has 0 saturated heterocycles. The number of amides is 4. The van der Waals surface area contributed by atoms with E-state index in [1.165, 1.54) is 4.90 Å². The number of nitrogens with zero attached hydrogens (tertiary/aromatic N) is 3. The van der Waals surface area contributed by atoms with Crippen molar-refractivity contribution in [2.24, 2.45) is 5.92 Å². The largest absolute Gasteiger partial charge is 0.354 e. The van der Waals surface area contributed by atoms with Gasteiger partial charge in [-0.1, -0.05) is 13.0 Å². The summed E-state index contributed by atoms with van der Waals surface area (Å²) in [4.78, 5) is 44.5. The van der Waals surface area contributed by atoms with E-state index in [0.29, 0.717) is 25.3 Å². The Labute approximate surface area is 184 Å². The Balaban J connectivity index is 0.00000450. The number of carbonyl (C=O) groups excluding carboxylic acids is 3. The van der Waals surface area contributed by atoms with E-state index in [0.717, 1.165) is 5.56 Å². The van der Waals surface area contributed by atoms with Crippen LogP contribution in [0.5, 0.6) is 0 Å². The molecule has 168 valence electrons. The third-order valence-corrected chi connectivity index (χ3v) is 5.05. The zero-order valence-electron chi connectivity index (χ0n) is 18.3. The van der Waals surface area contributed by atoms with Gasteiger partial charge in [0.15, 0.2) is 0 Å². The first-order valence-electron chi connectivity index (χ1n) is 9.90. The fourth-order valence-corrected chi connectivity index (χ4v) is 3.20. The van der Waals surface area contributed by atoms with E-state index < -0.39 is 0 Å². The molecule has 0 radical (unpaired) electrons. The Morgan fingerprint density at radius 1 is 1.27 bits per heavy atom. The quantitative estimate of drug-likeness (QED) is 0.554. The summed E-state index contributed by atoms with van der Waals surface area (Å²) in [6.07, 6.45) is 2.60. The fourth-order valence-electron chi connectivity index (χ4n) is 3.20. The topological polar surface area (TPSA) is 107 Å². The Morgan fingerprint density at radius 3 is 2.60 bits per heavy atom. The first-order valence-corrected chi connectivity index (χ1v) is 9.90. The number of fused-ring (bicyclic) bond motifs is 1. The first kappa shape index (κ1) is 25.6. The summed E-state index contributed by atoms with van der Waals surface area (Å²) in [7, 11) is 5.08. The van der Waals surface area contributed by atoms with Crippen molar-refractivity contribution in [1.82, 2.24) is 25.8 Å². The van der Waals surface area contributed by atoms with Crippen LogP contribution < -0.4 is 20.9 Å². The second kappa shape index (κ2) is 11.7. The van der Waals surface area contributed by atoms with E-state index in [9.17, 15) is 14.4 Å². The van der Waals surface area contributed by atoms with Crippen LogP contribution in [0.25, 0.3) is 0 Å². The Kier molecular flexibility index (Phi) is 10.0. The van der Waals surface area contributed by atoms with Crippen LogP contribution in [-0.2, 0) is 16.0 Å². The predicted molar refractivity (Wildman–Crippen MR) is 119 cm³/mol. The molecule has 3 N–H and O–H groups in total. The number of rotatable bonds is 8. The molecule has 0 bridgehead atoms. The molecule has 0 aromatic carbocycles. The number of halogens is 1. The van der Waals surface area contributed by atoms with Crippen LogP contribution in [0.4, 0.5) is 10.6 Å². The molecular weight excluding hydrogens is 408 g/mol. The molecule has 1 aromatic rings. The van der Waals surface area contributed by atoms with Gasteiger partial charge in [0.05, 0.1) is 12.1 Å². The molecular formula is C20H33ClN6O3. The average molecular weight is 441 g/mol. The number of likely N-dealkylation sites (N-methyl/N-ethyl adjacent to an activating group) is 1. The van der Waals surface area contributed by atoms with Gasteiger partial charge >= 0.3 is 6.03 Å². The second-order valence-corrected chi connectivity index (χ2v) is 7.75. The Hall–Kier alpha value is -2.39. The van der Waals surface area contributed by atoms with Crippen LogP contribution in [0.1, 0.15) is 25.8 Å². The van der Waals surface area contributed by atoms with Gasteiger partial charge in [-0.05, 0) is 37.9 Å². The van der Waals surface area contributed by atoms with Gasteiger partial charge in [0, 0.05) is 39.8 Å². The lowest BCUT2D eigenvalue weighted by molar-refractivity contribution is -0.123. The van der Waals surface area contributed by atoms with Crippen molar-refractivity contribution in [3.05, 3.63) is 23.9 Å². The van der Waals surface area contributed by atoms with Crippen molar-refractivity contribution in [1.29, 1.82) is 0 Å². The maximum atomic E-state index is 13.1. The average Bonchev–Trinajstić information content (AvgIpc) is 3.07. The third kappa shape index (κ3) is 6.56. The molecule has 3 atom stereocenters. The lowest BCUT2D eigenvalue weighted by atomic mass is 10.1. The van der Waals surface area contributed by atoms with E-state index in [4.69, 9.17) is 0 Å². The molecule has 10 heteroatoms. The highest BCUT2D eigenvalue weighted by molar-refractivity contribution is 5.95. The molecule has 0 unspecified atom stereocenters. The summed E-state index contributed by atoms with van der Waals surface area (Å²) in [6.45, 7) is 4.48. The zero-order valence-corrected chi connectivity index (χ0v) is 19.1. The number of aromatic nitrogens is 1. The van der Waals surface area contributed by atoms with Crippen LogP contribution in [0.3, 0.4) is 0 Å². The molecule has 1 aromatic heterocycles. The van der Waals surface area contributed by atoms with Crippen LogP contribution in [-0.4, -0.2) is 74.0 Å². The van der Waals surface area contributed by atoms with Crippen LogP contribution in [0, 0.1) is 5.92 Å².